The number of hydrogen-bond donors (Lipinski definition) is 1. The number of benzene rings is 3. The van der Waals surface area contributed by atoms with Crippen LogP contribution in [0.25, 0.3) is 0 Å². The van der Waals surface area contributed by atoms with Crippen LogP contribution in [0.3, 0.4) is 0 Å². The molecule has 0 amide bonds. The molecule has 3 aromatic carbocycles. The number of para-hydroxylation sites is 1. The molecule has 1 radical (unpaired) electrons. The third kappa shape index (κ3) is 8.86. The maximum Gasteiger partial charge on any atom is 3.00 e. The van der Waals surface area contributed by atoms with Crippen molar-refractivity contribution >= 4 is 40.1 Å². The van der Waals surface area contributed by atoms with Crippen molar-refractivity contribution in [1.82, 2.24) is 4.48 Å². The van der Waals surface area contributed by atoms with Crippen LogP contribution in [0.4, 0.5) is 20.9 Å². The molecule has 3 aliphatic rings. The molecule has 2 saturated carbocycles. The van der Waals surface area contributed by atoms with Gasteiger partial charge in [0.25, 0.3) is 0 Å². The second-order valence-electron chi connectivity index (χ2n) is 12.0. The summed E-state index contributed by atoms with van der Waals surface area (Å²) in [5.41, 5.74) is 5.17. The van der Waals surface area contributed by atoms with Gasteiger partial charge in [0, 0.05) is 18.0 Å². The summed E-state index contributed by atoms with van der Waals surface area (Å²) in [6.45, 7) is 0. The molecule has 1 heterocycles. The van der Waals surface area contributed by atoms with E-state index in [9.17, 15) is 12.3 Å². The minimum absolute atomic E-state index is 0. The quantitative estimate of drug-likeness (QED) is 0.117. The number of nitrogens with zero attached hydrogens (tertiary/aromatic N) is 1. The molecule has 9 heteroatoms. The second-order valence-corrected chi connectivity index (χ2v) is 16.8. The van der Waals surface area contributed by atoms with E-state index in [0.29, 0.717) is 0 Å². The van der Waals surface area contributed by atoms with Gasteiger partial charge in [-0.15, -0.1) is 12.1 Å². The molecule has 229 valence electrons. The van der Waals surface area contributed by atoms with Crippen molar-refractivity contribution in [2.75, 3.05) is 19.4 Å². The molecule has 0 bridgehead atoms. The smallest absolute Gasteiger partial charge is 0.391 e. The van der Waals surface area contributed by atoms with E-state index in [0.717, 1.165) is 27.2 Å². The summed E-state index contributed by atoms with van der Waals surface area (Å²) < 4.78 is 37.9. The molecule has 0 spiro atoms. The fourth-order valence-corrected chi connectivity index (χ4v) is 13.9. The van der Waals surface area contributed by atoms with E-state index in [1.165, 1.54) is 76.3 Å². The molecular formula is C34H45FN2O3PSU+2. The number of quaternary nitrogens is 1. The summed E-state index contributed by atoms with van der Waals surface area (Å²) in [5, 5.41) is 4.87. The van der Waals surface area contributed by atoms with Gasteiger partial charge in [0.2, 0.25) is 0 Å². The van der Waals surface area contributed by atoms with E-state index in [1.54, 1.807) is 35.3 Å². The zero-order valence-electron chi connectivity index (χ0n) is 25.6. The number of nitrogens with one attached hydrogen (secondary N) is 1. The summed E-state index contributed by atoms with van der Waals surface area (Å²) >= 11 is 0. The van der Waals surface area contributed by atoms with Gasteiger partial charge in [-0.2, -0.15) is 26.6 Å². The van der Waals surface area contributed by atoms with Crippen molar-refractivity contribution in [3.05, 3.63) is 92.6 Å². The second kappa shape index (κ2) is 15.7. The normalized spacial score (nSPS) is 19.4. The first kappa shape index (κ1) is 36.1. The Kier molecular flexibility index (Phi) is 13.2. The summed E-state index contributed by atoms with van der Waals surface area (Å²) in [6.07, 6.45) is 17.7. The molecule has 0 unspecified atom stereocenters. The van der Waals surface area contributed by atoms with E-state index in [1.807, 2.05) is 12.1 Å². The Morgan fingerprint density at radius 2 is 1.35 bits per heavy atom. The molecule has 43 heavy (non-hydrogen) atoms. The summed E-state index contributed by atoms with van der Waals surface area (Å²) in [5.74, 6) is -0.0792. The van der Waals surface area contributed by atoms with Crippen molar-refractivity contribution in [2.45, 2.75) is 75.5 Å². The molecule has 3 aromatic rings. The van der Waals surface area contributed by atoms with Gasteiger partial charge in [-0.25, -0.2) is 0 Å². The number of halogens is 1. The van der Waals surface area contributed by atoms with Gasteiger partial charge in [-0.05, 0) is 89.0 Å². The van der Waals surface area contributed by atoms with Crippen LogP contribution in [0.5, 0.6) is 5.75 Å². The maximum absolute atomic E-state index is 12.3. The molecule has 0 aromatic heterocycles. The van der Waals surface area contributed by atoms with Crippen LogP contribution in [0.1, 0.15) is 64.2 Å². The maximum atomic E-state index is 12.3. The van der Waals surface area contributed by atoms with E-state index < -0.39 is 17.8 Å². The molecule has 1 aliphatic heterocycles. The SMILES string of the molecule is C[N+]1(C)[CH-][P+](C2CCCCC2)(C2CCCCC2)c2ccccc21.O=S(=O)(F)Oc1ccc(Nc2cc[c-]cc2)cc1.[CH3-].[U+3]. The summed E-state index contributed by atoms with van der Waals surface area (Å²) in [4.78, 5) is 0. The topological polar surface area (TPSA) is 55.4 Å². The zero-order chi connectivity index (χ0) is 28.9. The molecule has 0 atom stereocenters. The first-order valence-electron chi connectivity index (χ1n) is 14.8. The van der Waals surface area contributed by atoms with Crippen molar-refractivity contribution in [3.8, 4) is 5.75 Å². The van der Waals surface area contributed by atoms with Crippen LogP contribution in [0.15, 0.2) is 72.8 Å². The molecule has 2 aliphatic carbocycles. The first-order chi connectivity index (χ1) is 19.7. The van der Waals surface area contributed by atoms with Crippen LogP contribution in [-0.2, 0) is 10.5 Å². The molecule has 1 N–H and O–H groups in total. The van der Waals surface area contributed by atoms with Gasteiger partial charge < -0.3 is 21.4 Å². The fourth-order valence-electron chi connectivity index (χ4n) is 7.12. The zero-order valence-corrected chi connectivity index (χ0v) is 31.5. The molecule has 5 nitrogen and oxygen atoms in total. The molecular weight excluding hydrogens is 804 g/mol. The van der Waals surface area contributed by atoms with Gasteiger partial charge in [0.05, 0.1) is 25.4 Å². The van der Waals surface area contributed by atoms with Crippen LogP contribution in [0, 0.1) is 50.9 Å². The van der Waals surface area contributed by atoms with E-state index >= 15 is 0 Å². The Hall–Kier alpha value is -1.42. The summed E-state index contributed by atoms with van der Waals surface area (Å²) in [7, 11) is -1.29. The van der Waals surface area contributed by atoms with Crippen LogP contribution in [0.2, 0.25) is 0 Å². The van der Waals surface area contributed by atoms with Crippen LogP contribution >= 0.6 is 7.26 Å². The molecule has 6 rings (SSSR count). The predicted octanol–water partition coefficient (Wildman–Crippen LogP) is 8.97. The number of hydrogen-bond acceptors (Lipinski definition) is 4. The van der Waals surface area contributed by atoms with Gasteiger partial charge >= 0.3 is 41.6 Å². The Morgan fingerprint density at radius 3 is 1.88 bits per heavy atom. The predicted molar refractivity (Wildman–Crippen MR) is 177 cm³/mol. The van der Waals surface area contributed by atoms with Gasteiger partial charge in [0.15, 0.2) is 0 Å². The summed E-state index contributed by atoms with van der Waals surface area (Å²) in [6, 6.07) is 25.5. The van der Waals surface area contributed by atoms with Crippen molar-refractivity contribution < 1.29 is 47.6 Å². The first-order valence-corrected chi connectivity index (χ1v) is 18.1. The minimum Gasteiger partial charge on any atom is -0.391 e. The third-order valence-corrected chi connectivity index (χ3v) is 14.8. The van der Waals surface area contributed by atoms with Gasteiger partial charge in [0.1, 0.15) is 16.7 Å². The van der Waals surface area contributed by atoms with Gasteiger partial charge in [-0.3, -0.25) is 0 Å². The largest absolute Gasteiger partial charge is 3.00 e. The standard InChI is InChI=1S/C21H33NP.C12H9FNO3S.CH3.U/c1-22(2)17-23(18-11-5-3-6-12-18,19-13-7-4-8-14-19)21-16-10-9-15-20(21)22;13-18(15,16)17-12-8-6-11(7-9-12)14-10-4-2-1-3-5-10;;/h9-10,15-19H,3-8,11-14H2,1-2H3;2-9,14H;1H3;/q+1;2*-1;+3. The molecule has 2 fully saturated rings. The molecule has 0 saturated heterocycles. The van der Waals surface area contributed by atoms with Crippen LogP contribution in [-0.4, -0.2) is 33.8 Å². The van der Waals surface area contributed by atoms with E-state index in [-0.39, 0.29) is 44.3 Å². The average Bonchev–Trinajstić information content (AvgIpc) is 3.23. The monoisotopic (exact) mass is 849 g/mol. The van der Waals surface area contributed by atoms with E-state index in [4.69, 9.17) is 0 Å². The number of anilines is 2. The Morgan fingerprint density at radius 1 is 0.837 bits per heavy atom. The van der Waals surface area contributed by atoms with E-state index in [2.05, 4.69) is 60.2 Å². The Labute approximate surface area is 283 Å². The van der Waals surface area contributed by atoms with Crippen molar-refractivity contribution in [1.29, 1.82) is 0 Å². The third-order valence-electron chi connectivity index (χ3n) is 8.81. The van der Waals surface area contributed by atoms with Crippen molar-refractivity contribution in [2.24, 2.45) is 0 Å². The number of rotatable bonds is 6. The fraction of sp³-hybridized carbons (Fsp3) is 0.412. The van der Waals surface area contributed by atoms with Crippen LogP contribution < -0.4 is 19.3 Å². The Balaban J connectivity index is 0.000000232. The van der Waals surface area contributed by atoms with Gasteiger partial charge in [-0.1, -0.05) is 34.5 Å². The van der Waals surface area contributed by atoms with Crippen molar-refractivity contribution in [3.63, 3.8) is 0 Å². The Bertz CT molecular complexity index is 1380. The average molecular weight is 850 g/mol. The minimum atomic E-state index is -4.97. The number of fused-ring (bicyclic) bond motifs is 1.